The van der Waals surface area contributed by atoms with Gasteiger partial charge in [0.15, 0.2) is 0 Å². The van der Waals surface area contributed by atoms with Crippen molar-refractivity contribution in [1.82, 2.24) is 4.72 Å². The molecule has 2 N–H and O–H groups in total. The number of benzene rings is 1. The molecule has 1 aromatic heterocycles. The van der Waals surface area contributed by atoms with Gasteiger partial charge in [-0.1, -0.05) is 6.07 Å². The first-order valence-corrected chi connectivity index (χ1v) is 7.74. The zero-order valence-corrected chi connectivity index (χ0v) is 12.5. The van der Waals surface area contributed by atoms with E-state index in [1.165, 1.54) is 7.05 Å². The SMILES string of the molecule is CNS(=O)(=O)c1ccc(C)c(NCc2ccc(C)o2)c1. The maximum atomic E-state index is 11.8. The highest BCUT2D eigenvalue weighted by molar-refractivity contribution is 7.89. The molecule has 0 aliphatic carbocycles. The molecule has 5 nitrogen and oxygen atoms in total. The predicted molar refractivity (Wildman–Crippen MR) is 78.2 cm³/mol. The second-order valence-electron chi connectivity index (χ2n) is 4.55. The lowest BCUT2D eigenvalue weighted by Crippen LogP contribution is -2.18. The molecule has 20 heavy (non-hydrogen) atoms. The minimum Gasteiger partial charge on any atom is -0.465 e. The quantitative estimate of drug-likeness (QED) is 0.888. The fourth-order valence-corrected chi connectivity index (χ4v) is 2.59. The minimum atomic E-state index is -3.43. The summed E-state index contributed by atoms with van der Waals surface area (Å²) in [5.74, 6) is 1.66. The lowest BCUT2D eigenvalue weighted by Gasteiger charge is -2.10. The Morgan fingerprint density at radius 2 is 1.90 bits per heavy atom. The predicted octanol–water partition coefficient (Wildman–Crippen LogP) is 2.42. The smallest absolute Gasteiger partial charge is 0.240 e. The van der Waals surface area contributed by atoms with E-state index in [1.807, 2.05) is 26.0 Å². The summed E-state index contributed by atoms with van der Waals surface area (Å²) >= 11 is 0. The van der Waals surface area contributed by atoms with Gasteiger partial charge in [0.05, 0.1) is 11.4 Å². The number of furan rings is 1. The van der Waals surface area contributed by atoms with Gasteiger partial charge in [-0.25, -0.2) is 13.1 Å². The first-order valence-electron chi connectivity index (χ1n) is 6.26. The van der Waals surface area contributed by atoms with Crippen LogP contribution in [0.2, 0.25) is 0 Å². The van der Waals surface area contributed by atoms with Crippen molar-refractivity contribution in [3.8, 4) is 0 Å². The number of nitrogens with one attached hydrogen (secondary N) is 2. The van der Waals surface area contributed by atoms with Crippen molar-refractivity contribution in [3.63, 3.8) is 0 Å². The molecule has 0 spiro atoms. The summed E-state index contributed by atoms with van der Waals surface area (Å²) in [4.78, 5) is 0.240. The van der Waals surface area contributed by atoms with Crippen LogP contribution >= 0.6 is 0 Å². The summed E-state index contributed by atoms with van der Waals surface area (Å²) < 4.78 is 31.3. The van der Waals surface area contributed by atoms with Gasteiger partial charge in [0.1, 0.15) is 11.5 Å². The molecule has 0 aliphatic heterocycles. The van der Waals surface area contributed by atoms with Crippen LogP contribution in [0, 0.1) is 13.8 Å². The Bertz CT molecular complexity index is 705. The van der Waals surface area contributed by atoms with E-state index >= 15 is 0 Å². The normalized spacial score (nSPS) is 11.6. The highest BCUT2D eigenvalue weighted by atomic mass is 32.2. The summed E-state index contributed by atoms with van der Waals surface area (Å²) in [6, 6.07) is 8.78. The van der Waals surface area contributed by atoms with Crippen LogP contribution in [-0.2, 0) is 16.6 Å². The van der Waals surface area contributed by atoms with Crippen molar-refractivity contribution in [1.29, 1.82) is 0 Å². The van der Waals surface area contributed by atoms with E-state index < -0.39 is 10.0 Å². The lowest BCUT2D eigenvalue weighted by molar-refractivity contribution is 0.490. The topological polar surface area (TPSA) is 71.3 Å². The van der Waals surface area contributed by atoms with Crippen molar-refractivity contribution in [2.45, 2.75) is 25.3 Å². The molecule has 0 aliphatic rings. The molecule has 0 unspecified atom stereocenters. The summed E-state index contributed by atoms with van der Waals surface area (Å²) in [6.07, 6.45) is 0. The molecule has 108 valence electrons. The van der Waals surface area contributed by atoms with Crippen LogP contribution in [0.5, 0.6) is 0 Å². The van der Waals surface area contributed by atoms with Crippen LogP contribution in [0.4, 0.5) is 5.69 Å². The van der Waals surface area contributed by atoms with Crippen LogP contribution in [0.15, 0.2) is 39.6 Å². The Labute approximate surface area is 119 Å². The number of hydrogen-bond acceptors (Lipinski definition) is 4. The Hall–Kier alpha value is -1.79. The number of aryl methyl sites for hydroxylation is 2. The average Bonchev–Trinajstić information content (AvgIpc) is 2.83. The molecule has 2 aromatic rings. The van der Waals surface area contributed by atoms with Gasteiger partial charge >= 0.3 is 0 Å². The largest absolute Gasteiger partial charge is 0.465 e. The first kappa shape index (κ1) is 14.6. The second kappa shape index (κ2) is 5.68. The van der Waals surface area contributed by atoms with Crippen LogP contribution in [0.3, 0.4) is 0 Å². The third kappa shape index (κ3) is 3.20. The van der Waals surface area contributed by atoms with Crippen LogP contribution < -0.4 is 10.0 Å². The zero-order chi connectivity index (χ0) is 14.8. The Morgan fingerprint density at radius 1 is 1.15 bits per heavy atom. The van der Waals surface area contributed by atoms with Gasteiger partial charge < -0.3 is 9.73 Å². The van der Waals surface area contributed by atoms with Crippen LogP contribution in [-0.4, -0.2) is 15.5 Å². The van der Waals surface area contributed by atoms with Gasteiger partial charge in [0, 0.05) is 5.69 Å². The number of rotatable bonds is 5. The summed E-state index contributed by atoms with van der Waals surface area (Å²) in [5.41, 5.74) is 1.75. The third-order valence-corrected chi connectivity index (χ3v) is 4.45. The van der Waals surface area contributed by atoms with E-state index in [9.17, 15) is 8.42 Å². The molecular formula is C14H18N2O3S. The average molecular weight is 294 g/mol. The molecule has 6 heteroatoms. The molecule has 0 fully saturated rings. The standard InChI is InChI=1S/C14H18N2O3S/c1-10-4-7-13(20(17,18)15-3)8-14(10)16-9-12-6-5-11(2)19-12/h4-8,15-16H,9H2,1-3H3. The molecule has 0 saturated heterocycles. The summed E-state index contributed by atoms with van der Waals surface area (Å²) in [5, 5.41) is 3.19. The number of hydrogen-bond donors (Lipinski definition) is 2. The minimum absolute atomic E-state index is 0.240. The number of anilines is 1. The van der Waals surface area contributed by atoms with Gasteiger partial charge in [0.2, 0.25) is 10.0 Å². The van der Waals surface area contributed by atoms with E-state index in [4.69, 9.17) is 4.42 Å². The van der Waals surface area contributed by atoms with E-state index in [2.05, 4.69) is 10.0 Å². The second-order valence-corrected chi connectivity index (χ2v) is 6.44. The molecule has 0 bridgehead atoms. The first-order chi connectivity index (χ1) is 9.42. The van der Waals surface area contributed by atoms with Crippen molar-refractivity contribution >= 4 is 15.7 Å². The van der Waals surface area contributed by atoms with E-state index in [0.717, 1.165) is 22.8 Å². The summed E-state index contributed by atoms with van der Waals surface area (Å²) in [6.45, 7) is 4.32. The van der Waals surface area contributed by atoms with Crippen LogP contribution in [0.25, 0.3) is 0 Å². The maximum absolute atomic E-state index is 11.8. The van der Waals surface area contributed by atoms with Crippen molar-refractivity contribution in [2.75, 3.05) is 12.4 Å². The van der Waals surface area contributed by atoms with Gasteiger partial charge in [-0.3, -0.25) is 0 Å². The number of sulfonamides is 1. The van der Waals surface area contributed by atoms with Crippen molar-refractivity contribution in [2.24, 2.45) is 0 Å². The molecule has 1 aromatic carbocycles. The zero-order valence-electron chi connectivity index (χ0n) is 11.7. The monoisotopic (exact) mass is 294 g/mol. The van der Waals surface area contributed by atoms with Gasteiger partial charge in [-0.05, 0) is 50.7 Å². The fraction of sp³-hybridized carbons (Fsp3) is 0.286. The molecule has 1 heterocycles. The Balaban J connectivity index is 2.21. The van der Waals surface area contributed by atoms with Crippen molar-refractivity contribution in [3.05, 3.63) is 47.4 Å². The van der Waals surface area contributed by atoms with Crippen LogP contribution in [0.1, 0.15) is 17.1 Å². The molecule has 0 amide bonds. The molecule has 0 atom stereocenters. The van der Waals surface area contributed by atoms with Gasteiger partial charge in [-0.15, -0.1) is 0 Å². The highest BCUT2D eigenvalue weighted by Crippen LogP contribution is 2.21. The third-order valence-electron chi connectivity index (χ3n) is 3.04. The Morgan fingerprint density at radius 3 is 2.50 bits per heavy atom. The van der Waals surface area contributed by atoms with E-state index in [1.54, 1.807) is 18.2 Å². The van der Waals surface area contributed by atoms with Crippen molar-refractivity contribution < 1.29 is 12.8 Å². The van der Waals surface area contributed by atoms with Gasteiger partial charge in [-0.2, -0.15) is 0 Å². The fourth-order valence-electron chi connectivity index (χ4n) is 1.84. The lowest BCUT2D eigenvalue weighted by atomic mass is 10.2. The molecule has 2 rings (SSSR count). The highest BCUT2D eigenvalue weighted by Gasteiger charge is 2.13. The van der Waals surface area contributed by atoms with E-state index in [-0.39, 0.29) is 4.90 Å². The molecule has 0 radical (unpaired) electrons. The molecular weight excluding hydrogens is 276 g/mol. The summed E-state index contributed by atoms with van der Waals surface area (Å²) in [7, 11) is -2.03. The molecule has 0 saturated carbocycles. The van der Waals surface area contributed by atoms with Gasteiger partial charge in [0.25, 0.3) is 0 Å². The van der Waals surface area contributed by atoms with E-state index in [0.29, 0.717) is 6.54 Å². The maximum Gasteiger partial charge on any atom is 0.240 e. The Kier molecular flexibility index (Phi) is 4.15.